The summed E-state index contributed by atoms with van der Waals surface area (Å²) in [6.45, 7) is -1.05. The Hall–Kier alpha value is -1.07. The Labute approximate surface area is 179 Å². The van der Waals surface area contributed by atoms with Crippen LogP contribution in [-0.4, -0.2) is 64.3 Å². The standard InChI is InChI=1S/C11H15N2O15P3S/c14-6-5(3-25-30(21,22)28-31(23,24)27-29(18,19)20)26-10(7(6)15)13-4-1-2-32-8(4)9(16)12-11(13)17/h1-2,5-7,10,14-15H,3H2,(H,21,22)(H,23,24)(H,12,16,17)(H2,18,19,20)/t5-,6-,7-,10-/m1/s1. The molecule has 0 radical (unpaired) electrons. The first-order valence-corrected chi connectivity index (χ1v) is 13.5. The number of hydrogen-bond acceptors (Lipinski definition) is 12. The van der Waals surface area contributed by atoms with Gasteiger partial charge in [0.1, 0.15) is 23.0 Å². The molecule has 2 unspecified atom stereocenters. The lowest BCUT2D eigenvalue weighted by atomic mass is 10.1. The lowest BCUT2D eigenvalue weighted by molar-refractivity contribution is -0.0519. The number of ether oxygens (including phenoxy) is 1. The van der Waals surface area contributed by atoms with Crippen molar-refractivity contribution in [2.24, 2.45) is 0 Å². The van der Waals surface area contributed by atoms with Gasteiger partial charge in [0.15, 0.2) is 6.23 Å². The van der Waals surface area contributed by atoms with Crippen molar-refractivity contribution in [1.29, 1.82) is 0 Å². The maximum absolute atomic E-state index is 12.3. The largest absolute Gasteiger partial charge is 0.490 e. The van der Waals surface area contributed by atoms with Crippen LogP contribution in [0.3, 0.4) is 0 Å². The zero-order valence-corrected chi connectivity index (χ0v) is 18.7. The molecule has 32 heavy (non-hydrogen) atoms. The number of fused-ring (bicyclic) bond motifs is 1. The van der Waals surface area contributed by atoms with Crippen molar-refractivity contribution in [1.82, 2.24) is 9.55 Å². The molecule has 1 aliphatic rings. The molecule has 0 spiro atoms. The van der Waals surface area contributed by atoms with E-state index in [-0.39, 0.29) is 10.2 Å². The van der Waals surface area contributed by atoms with E-state index >= 15 is 0 Å². The van der Waals surface area contributed by atoms with Crippen LogP contribution in [0.25, 0.3) is 10.2 Å². The maximum atomic E-state index is 12.3. The number of thiophene rings is 1. The molecule has 0 aliphatic carbocycles. The predicted octanol–water partition coefficient (Wildman–Crippen LogP) is -1.29. The Morgan fingerprint density at radius 3 is 2.34 bits per heavy atom. The van der Waals surface area contributed by atoms with E-state index < -0.39 is 65.9 Å². The van der Waals surface area contributed by atoms with Crippen molar-refractivity contribution in [3.8, 4) is 0 Å². The smallest absolute Gasteiger partial charge is 0.387 e. The molecule has 21 heteroatoms. The normalized spacial score (nSPS) is 27.9. The van der Waals surface area contributed by atoms with E-state index in [9.17, 15) is 38.4 Å². The average molecular weight is 540 g/mol. The molecule has 7 N–H and O–H groups in total. The number of nitrogens with one attached hydrogen (secondary N) is 1. The van der Waals surface area contributed by atoms with E-state index in [1.807, 2.05) is 4.98 Å². The zero-order chi connectivity index (χ0) is 24.1. The van der Waals surface area contributed by atoms with Crippen LogP contribution < -0.4 is 11.2 Å². The van der Waals surface area contributed by atoms with Crippen molar-refractivity contribution < 1.29 is 61.4 Å². The number of aromatic nitrogens is 2. The fraction of sp³-hybridized carbons (Fsp3) is 0.455. The molecule has 1 fully saturated rings. The highest BCUT2D eigenvalue weighted by Crippen LogP contribution is 2.66. The van der Waals surface area contributed by atoms with Gasteiger partial charge >= 0.3 is 29.2 Å². The van der Waals surface area contributed by atoms with Crippen LogP contribution in [0.5, 0.6) is 0 Å². The number of nitrogens with zero attached hydrogens (tertiary/aromatic N) is 1. The Morgan fingerprint density at radius 2 is 1.72 bits per heavy atom. The van der Waals surface area contributed by atoms with Crippen LogP contribution in [0.1, 0.15) is 6.23 Å². The van der Waals surface area contributed by atoms with Gasteiger partial charge in [0.05, 0.1) is 12.1 Å². The van der Waals surface area contributed by atoms with Crippen molar-refractivity contribution in [3.63, 3.8) is 0 Å². The molecular formula is C11H15N2O15P3S. The highest BCUT2D eigenvalue weighted by Gasteiger charge is 2.47. The molecular weight excluding hydrogens is 525 g/mol. The number of H-pyrrole nitrogens is 1. The van der Waals surface area contributed by atoms with Gasteiger partial charge in [-0.1, -0.05) is 0 Å². The molecule has 2 aromatic rings. The number of aliphatic hydroxyl groups is 2. The summed E-state index contributed by atoms with van der Waals surface area (Å²) in [5, 5.41) is 21.9. The number of phosphoric ester groups is 1. The van der Waals surface area contributed by atoms with Gasteiger partial charge in [0.25, 0.3) is 5.56 Å². The summed E-state index contributed by atoms with van der Waals surface area (Å²) in [5.74, 6) is 0. The van der Waals surface area contributed by atoms with Crippen molar-refractivity contribution in [3.05, 3.63) is 32.3 Å². The zero-order valence-electron chi connectivity index (χ0n) is 15.2. The van der Waals surface area contributed by atoms with Gasteiger partial charge in [-0.05, 0) is 11.4 Å². The van der Waals surface area contributed by atoms with Crippen LogP contribution in [0.2, 0.25) is 0 Å². The van der Waals surface area contributed by atoms with E-state index in [1.165, 1.54) is 11.4 Å². The van der Waals surface area contributed by atoms with Gasteiger partial charge in [-0.25, -0.2) is 18.5 Å². The molecule has 6 atom stereocenters. The molecule has 1 aliphatic heterocycles. The molecule has 180 valence electrons. The van der Waals surface area contributed by atoms with Crippen LogP contribution in [-0.2, 0) is 31.6 Å². The summed E-state index contributed by atoms with van der Waals surface area (Å²) in [4.78, 5) is 61.7. The molecule has 0 amide bonds. The van der Waals surface area contributed by atoms with Gasteiger partial charge in [-0.2, -0.15) is 8.62 Å². The van der Waals surface area contributed by atoms with Crippen LogP contribution in [0.15, 0.2) is 21.0 Å². The quantitative estimate of drug-likeness (QED) is 0.192. The molecule has 0 saturated carbocycles. The molecule has 1 saturated heterocycles. The average Bonchev–Trinajstić information content (AvgIpc) is 3.18. The van der Waals surface area contributed by atoms with Gasteiger partial charge in [0, 0.05) is 0 Å². The lowest BCUT2D eigenvalue weighted by Crippen LogP contribution is -2.38. The minimum absolute atomic E-state index is 0.0773. The minimum Gasteiger partial charge on any atom is -0.387 e. The summed E-state index contributed by atoms with van der Waals surface area (Å²) >= 11 is 0.989. The summed E-state index contributed by atoms with van der Waals surface area (Å²) in [7, 11) is -16.8. The third-order valence-corrected chi connectivity index (χ3v) is 8.66. The van der Waals surface area contributed by atoms with Crippen LogP contribution in [0.4, 0.5) is 0 Å². The van der Waals surface area contributed by atoms with E-state index in [0.29, 0.717) is 0 Å². The molecule has 3 heterocycles. The first-order chi connectivity index (χ1) is 14.6. The van der Waals surface area contributed by atoms with Gasteiger partial charge in [0.2, 0.25) is 0 Å². The lowest BCUT2D eigenvalue weighted by Gasteiger charge is -2.19. The van der Waals surface area contributed by atoms with E-state index in [2.05, 4.69) is 13.1 Å². The van der Waals surface area contributed by atoms with E-state index in [0.717, 1.165) is 15.9 Å². The molecule has 2 aromatic heterocycles. The second-order valence-corrected chi connectivity index (χ2v) is 11.5. The molecule has 0 bridgehead atoms. The van der Waals surface area contributed by atoms with Crippen molar-refractivity contribution in [2.45, 2.75) is 24.5 Å². The Balaban J connectivity index is 1.76. The van der Waals surface area contributed by atoms with Crippen molar-refractivity contribution >= 4 is 45.0 Å². The number of hydrogen-bond donors (Lipinski definition) is 7. The number of phosphoric acid groups is 3. The molecule has 3 rings (SSSR count). The van der Waals surface area contributed by atoms with Crippen LogP contribution >= 0.6 is 34.8 Å². The SMILES string of the molecule is O=c1[nH]c(=O)n([C@@H]2O[C@H](COP(=O)(O)OP(=O)(O)OP(=O)(O)O)[C@@H](O)[C@H]2O)c2ccsc12. The fourth-order valence-electron chi connectivity index (χ4n) is 2.79. The summed E-state index contributed by atoms with van der Waals surface area (Å²) in [5.41, 5.74) is -1.59. The van der Waals surface area contributed by atoms with Crippen LogP contribution in [0, 0.1) is 0 Å². The number of aromatic amines is 1. The Morgan fingerprint density at radius 1 is 1.06 bits per heavy atom. The Kier molecular flexibility index (Phi) is 7.14. The first kappa shape index (κ1) is 25.6. The number of rotatable bonds is 8. The predicted molar refractivity (Wildman–Crippen MR) is 102 cm³/mol. The second kappa shape index (κ2) is 8.94. The topological polar surface area (TPSA) is 264 Å². The summed E-state index contributed by atoms with van der Waals surface area (Å²) in [6, 6.07) is 1.39. The third kappa shape index (κ3) is 5.70. The monoisotopic (exact) mass is 540 g/mol. The summed E-state index contributed by atoms with van der Waals surface area (Å²) < 4.78 is 51.5. The Bertz CT molecular complexity index is 1260. The van der Waals surface area contributed by atoms with Gasteiger partial charge in [-0.3, -0.25) is 18.9 Å². The van der Waals surface area contributed by atoms with E-state index in [1.54, 1.807) is 0 Å². The maximum Gasteiger partial charge on any atom is 0.490 e. The highest BCUT2D eigenvalue weighted by molar-refractivity contribution is 7.66. The summed E-state index contributed by atoms with van der Waals surface area (Å²) in [6.07, 6.45) is -6.75. The fourth-order valence-corrected chi connectivity index (χ4v) is 6.60. The third-order valence-electron chi connectivity index (χ3n) is 3.96. The van der Waals surface area contributed by atoms with Crippen molar-refractivity contribution in [2.75, 3.05) is 6.61 Å². The molecule has 17 nitrogen and oxygen atoms in total. The van der Waals surface area contributed by atoms with Gasteiger partial charge in [-0.15, -0.1) is 11.3 Å². The minimum atomic E-state index is -5.75. The highest BCUT2D eigenvalue weighted by atomic mass is 32.1. The number of aliphatic hydroxyl groups excluding tert-OH is 2. The first-order valence-electron chi connectivity index (χ1n) is 8.12. The molecule has 0 aromatic carbocycles. The van der Waals surface area contributed by atoms with Gasteiger partial charge < -0.3 is 34.5 Å². The second-order valence-electron chi connectivity index (χ2n) is 6.20. The van der Waals surface area contributed by atoms with E-state index in [4.69, 9.17) is 19.4 Å².